The molecule has 1 aromatic carbocycles. The zero-order valence-corrected chi connectivity index (χ0v) is 39.0. The molecular formula is C51H60N11O4+. The van der Waals surface area contributed by atoms with Crippen molar-refractivity contribution in [1.29, 1.82) is 10.5 Å². The SMILES string of the molecule is CN(C)/C=C/c1cnccc1C#N.COC(C)N(C)C.Cc1ccc[n+](O)c1.Cc1cnccc1C#N.O=c1[nH]ccc2c1CCN(Cc1ccccc1)C2.O=c1[nH]ccc2cnccc12. The van der Waals surface area contributed by atoms with Crippen LogP contribution in [0.25, 0.3) is 16.8 Å². The van der Waals surface area contributed by atoms with Crippen LogP contribution in [0.1, 0.15) is 51.4 Å². The molecule has 1 atom stereocenters. The smallest absolute Gasteiger partial charge is 0.255 e. The molecule has 6 aromatic heterocycles. The molecule has 1 aliphatic heterocycles. The molecule has 15 heteroatoms. The molecule has 0 saturated carbocycles. The van der Waals surface area contributed by atoms with Gasteiger partial charge in [-0.1, -0.05) is 30.3 Å². The second-order valence-electron chi connectivity index (χ2n) is 15.2. The van der Waals surface area contributed by atoms with Crippen LogP contribution >= 0.6 is 0 Å². The van der Waals surface area contributed by atoms with Crippen molar-refractivity contribution in [1.82, 2.24) is 39.6 Å². The Morgan fingerprint density at radius 2 is 1.50 bits per heavy atom. The van der Waals surface area contributed by atoms with Gasteiger partial charge in [0.15, 0.2) is 0 Å². The highest BCUT2D eigenvalue weighted by Crippen LogP contribution is 2.17. The molecule has 66 heavy (non-hydrogen) atoms. The Morgan fingerprint density at radius 1 is 0.848 bits per heavy atom. The normalized spacial score (nSPS) is 11.7. The zero-order valence-electron chi connectivity index (χ0n) is 39.0. The Balaban J connectivity index is 0.000000217. The number of H-pyrrole nitrogens is 2. The van der Waals surface area contributed by atoms with E-state index in [1.807, 2.05) is 95.3 Å². The predicted molar refractivity (Wildman–Crippen MR) is 258 cm³/mol. The summed E-state index contributed by atoms with van der Waals surface area (Å²) in [5.41, 5.74) is 7.64. The molecule has 15 nitrogen and oxygen atoms in total. The number of hydrogen-bond acceptors (Lipinski definition) is 12. The van der Waals surface area contributed by atoms with E-state index in [-0.39, 0.29) is 17.3 Å². The summed E-state index contributed by atoms with van der Waals surface area (Å²) in [4.78, 5) is 46.1. The highest BCUT2D eigenvalue weighted by molar-refractivity contribution is 5.79. The van der Waals surface area contributed by atoms with Crippen molar-refractivity contribution in [3.63, 3.8) is 0 Å². The molecule has 0 amide bonds. The lowest BCUT2D eigenvalue weighted by Crippen LogP contribution is -2.33. The third-order valence-corrected chi connectivity index (χ3v) is 9.72. The third kappa shape index (κ3) is 18.9. The molecule has 0 aliphatic carbocycles. The molecule has 1 aliphatic rings. The van der Waals surface area contributed by atoms with E-state index in [1.165, 1.54) is 11.1 Å². The maximum Gasteiger partial charge on any atom is 0.255 e. The fourth-order valence-electron chi connectivity index (χ4n) is 5.83. The fourth-order valence-corrected chi connectivity index (χ4v) is 5.83. The van der Waals surface area contributed by atoms with Gasteiger partial charge in [0.1, 0.15) is 6.23 Å². The second kappa shape index (κ2) is 28.8. The summed E-state index contributed by atoms with van der Waals surface area (Å²) in [6.45, 7) is 8.56. The van der Waals surface area contributed by atoms with Crippen LogP contribution in [0.2, 0.25) is 0 Å². The maximum absolute atomic E-state index is 11.7. The number of pyridine rings is 6. The quantitative estimate of drug-likeness (QED) is 0.0914. The van der Waals surface area contributed by atoms with Crippen LogP contribution in [0.5, 0.6) is 0 Å². The van der Waals surface area contributed by atoms with Crippen molar-refractivity contribution < 1.29 is 14.7 Å². The van der Waals surface area contributed by atoms with Crippen LogP contribution in [-0.4, -0.2) is 92.9 Å². The number of methoxy groups -OCH3 is 1. The number of ether oxygens (including phenoxy) is 1. The van der Waals surface area contributed by atoms with Gasteiger partial charge in [0.05, 0.1) is 28.7 Å². The number of aromatic nitrogens is 6. The summed E-state index contributed by atoms with van der Waals surface area (Å²) < 4.78 is 5.97. The standard InChI is InChI=1S/C15H16N2O.C10H11N3.C8H6N2O.C7H6N2.C6H8NO.C5H13NO/c18-15-14-7-9-17(11-13(14)6-8-16-15)10-12-4-2-1-3-5-12;1-13(2)6-4-10-8-12-5-3-9(10)7-11;11-8-7-2-3-9-5-6(7)1-4-10-8;1-6-5-9-3-2-7(6)4-8;1-6-3-2-4-7(8)5-6;1-5(7-4)6(2)3/h1-6,8H,7,9-11H2,(H,16,18);3-6,8H,1-2H3;1-5H,(H,10,11);2-3,5H,1H3;2-5,8H,1H3;5H,1-4H3/q;;;;+1;/b;6-4+;;;;. The summed E-state index contributed by atoms with van der Waals surface area (Å²) >= 11 is 0. The summed E-state index contributed by atoms with van der Waals surface area (Å²) in [5.74, 6) is 0. The van der Waals surface area contributed by atoms with Gasteiger partial charge in [0, 0.05) is 123 Å². The van der Waals surface area contributed by atoms with Crippen LogP contribution < -0.4 is 15.8 Å². The van der Waals surface area contributed by atoms with Crippen LogP contribution in [-0.2, 0) is 24.2 Å². The molecule has 8 rings (SSSR count). The Hall–Kier alpha value is -7.82. The van der Waals surface area contributed by atoms with E-state index >= 15 is 0 Å². The highest BCUT2D eigenvalue weighted by Gasteiger charge is 2.18. The first kappa shape index (κ1) is 52.5. The average molecular weight is 891 g/mol. The Bertz CT molecular complexity index is 2740. The van der Waals surface area contributed by atoms with Gasteiger partial charge < -0.3 is 19.6 Å². The van der Waals surface area contributed by atoms with E-state index in [1.54, 1.807) is 93.3 Å². The van der Waals surface area contributed by atoms with Gasteiger partial charge in [-0.2, -0.15) is 10.5 Å². The Morgan fingerprint density at radius 3 is 2.08 bits per heavy atom. The second-order valence-corrected chi connectivity index (χ2v) is 15.2. The molecule has 7 heterocycles. The number of hydrogen-bond donors (Lipinski definition) is 3. The topological polar surface area (TPSA) is 195 Å². The molecule has 0 fully saturated rings. The lowest BCUT2D eigenvalue weighted by Gasteiger charge is -2.28. The number of nitriles is 2. The zero-order chi connectivity index (χ0) is 48.3. The maximum atomic E-state index is 11.7. The molecule has 7 aromatic rings. The van der Waals surface area contributed by atoms with E-state index < -0.39 is 0 Å². The Kier molecular flexibility index (Phi) is 22.9. The van der Waals surface area contributed by atoms with Crippen molar-refractivity contribution in [2.75, 3.05) is 41.8 Å². The van der Waals surface area contributed by atoms with Crippen LogP contribution in [0.3, 0.4) is 0 Å². The molecule has 0 bridgehead atoms. The first-order valence-electron chi connectivity index (χ1n) is 21.0. The first-order chi connectivity index (χ1) is 31.8. The van der Waals surface area contributed by atoms with Gasteiger partial charge in [-0.15, -0.1) is 0 Å². The van der Waals surface area contributed by atoms with Crippen molar-refractivity contribution >= 4 is 16.8 Å². The van der Waals surface area contributed by atoms with Crippen molar-refractivity contribution in [2.24, 2.45) is 0 Å². The number of fused-ring (bicyclic) bond motifs is 2. The molecule has 0 saturated heterocycles. The molecule has 3 N–H and O–H groups in total. The summed E-state index contributed by atoms with van der Waals surface area (Å²) in [6, 6.07) is 27.3. The predicted octanol–water partition coefficient (Wildman–Crippen LogP) is 6.66. The van der Waals surface area contributed by atoms with Gasteiger partial charge in [0.2, 0.25) is 12.4 Å². The number of rotatable bonds is 6. The number of nitrogens with one attached hydrogen (secondary N) is 2. The minimum absolute atomic E-state index is 0.0649. The van der Waals surface area contributed by atoms with Gasteiger partial charge in [-0.05, 0) is 107 Å². The molecule has 342 valence electrons. The fraction of sp³-hybridized carbons (Fsp3) is 0.255. The van der Waals surface area contributed by atoms with Crippen molar-refractivity contribution in [3.05, 3.63) is 206 Å². The number of benzene rings is 1. The van der Waals surface area contributed by atoms with Crippen LogP contribution in [0, 0.1) is 36.5 Å². The lowest BCUT2D eigenvalue weighted by atomic mass is 10.0. The minimum Gasteiger partial charge on any atom is -0.383 e. The van der Waals surface area contributed by atoms with Crippen molar-refractivity contribution in [3.8, 4) is 12.1 Å². The van der Waals surface area contributed by atoms with Crippen LogP contribution in [0.4, 0.5) is 0 Å². The van der Waals surface area contributed by atoms with Crippen LogP contribution in [0.15, 0.2) is 151 Å². The molecule has 1 unspecified atom stereocenters. The lowest BCUT2D eigenvalue weighted by molar-refractivity contribution is -0.905. The van der Waals surface area contributed by atoms with E-state index in [4.69, 9.17) is 20.5 Å². The van der Waals surface area contributed by atoms with E-state index in [9.17, 15) is 9.59 Å². The van der Waals surface area contributed by atoms with E-state index in [0.717, 1.165) is 58.4 Å². The number of aryl methyl sites for hydroxylation is 2. The molecule has 0 radical (unpaired) electrons. The van der Waals surface area contributed by atoms with Gasteiger partial charge in [0.25, 0.3) is 11.1 Å². The largest absolute Gasteiger partial charge is 0.383 e. The number of aromatic amines is 2. The number of nitrogens with zero attached hydrogens (tertiary/aromatic N) is 9. The van der Waals surface area contributed by atoms with Gasteiger partial charge in [-0.3, -0.25) is 39.5 Å². The summed E-state index contributed by atoms with van der Waals surface area (Å²) in [6.07, 6.45) is 21.3. The summed E-state index contributed by atoms with van der Waals surface area (Å²) in [7, 11) is 9.52. The Labute approximate surface area is 387 Å². The molecular weight excluding hydrogens is 831 g/mol. The summed E-state index contributed by atoms with van der Waals surface area (Å²) in [5, 5.41) is 27.5. The van der Waals surface area contributed by atoms with Crippen molar-refractivity contribution in [2.45, 2.75) is 46.5 Å². The van der Waals surface area contributed by atoms with Gasteiger partial charge in [-0.25, -0.2) is 0 Å². The average Bonchev–Trinajstić information content (AvgIpc) is 3.32. The highest BCUT2D eigenvalue weighted by atomic mass is 16.5. The minimum atomic E-state index is -0.0649. The monoisotopic (exact) mass is 890 g/mol. The van der Waals surface area contributed by atoms with E-state index in [0.29, 0.717) is 16.5 Å². The van der Waals surface area contributed by atoms with Gasteiger partial charge >= 0.3 is 0 Å². The third-order valence-electron chi connectivity index (χ3n) is 9.72. The van der Waals surface area contributed by atoms with E-state index in [2.05, 4.69) is 66.2 Å². The molecule has 0 spiro atoms. The first-order valence-corrected chi connectivity index (χ1v) is 21.0.